The Hall–Kier alpha value is -3.39. The largest absolute Gasteiger partial charge is 0.618 e. The average molecular weight is 532 g/mol. The van der Waals surface area contributed by atoms with Crippen LogP contribution < -0.4 is 9.47 Å². The summed E-state index contributed by atoms with van der Waals surface area (Å²) in [4.78, 5) is 24.9. The maximum Gasteiger partial charge on any atom is 0.264 e. The van der Waals surface area contributed by atoms with E-state index >= 15 is 0 Å². The molecule has 1 saturated carbocycles. The third-order valence-corrected chi connectivity index (χ3v) is 6.94. The smallest absolute Gasteiger partial charge is 0.264 e. The van der Waals surface area contributed by atoms with Crippen molar-refractivity contribution in [2.75, 3.05) is 7.11 Å². The fourth-order valence-corrected chi connectivity index (χ4v) is 4.61. The summed E-state index contributed by atoms with van der Waals surface area (Å²) in [7, 11) is 1.27. The monoisotopic (exact) mass is 531 g/mol. The number of benzene rings is 2. The minimum Gasteiger partial charge on any atom is -0.618 e. The normalized spacial score (nSPS) is 14.0. The maximum absolute atomic E-state index is 14.9. The summed E-state index contributed by atoms with van der Waals surface area (Å²) >= 11 is 5.86. The Morgan fingerprint density at radius 2 is 1.84 bits per heavy atom. The standard InChI is InChI=1S/C28H25ClF3NO4/c1-15(34)18-7-5-17(6-8-18)12-24(35)20(11-16-3-4-16)23-13-25(37-2)21(14-33(23)36)26-19(28(31)32)9-10-22(29)27(26)30/h5-10,13-14,16,20,28H,3-4,11-12H2,1-2H3. The number of hydrogen-bond acceptors (Lipinski definition) is 4. The van der Waals surface area contributed by atoms with Crippen molar-refractivity contribution >= 4 is 23.2 Å². The molecular formula is C28H25ClF3NO4. The SMILES string of the molecule is COc1cc(C(CC2CC2)C(=O)Cc2ccc(C(C)=O)cc2)[n+]([O-])cc1-c1c(C(F)F)ccc(Cl)c1F. The van der Waals surface area contributed by atoms with E-state index in [2.05, 4.69) is 0 Å². The van der Waals surface area contributed by atoms with Crippen LogP contribution in [0.5, 0.6) is 5.75 Å². The van der Waals surface area contributed by atoms with Gasteiger partial charge in [-0.1, -0.05) is 54.8 Å². The van der Waals surface area contributed by atoms with Crippen molar-refractivity contribution in [3.63, 3.8) is 0 Å². The van der Waals surface area contributed by atoms with Crippen molar-refractivity contribution in [3.8, 4) is 16.9 Å². The molecule has 1 unspecified atom stereocenters. The van der Waals surface area contributed by atoms with Gasteiger partial charge in [0.25, 0.3) is 6.43 Å². The number of ether oxygens (including phenoxy) is 1. The van der Waals surface area contributed by atoms with Crippen LogP contribution in [0.25, 0.3) is 11.1 Å². The number of nitrogens with zero attached hydrogens (tertiary/aromatic N) is 1. The highest BCUT2D eigenvalue weighted by Gasteiger charge is 2.36. The summed E-state index contributed by atoms with van der Waals surface area (Å²) in [6.45, 7) is 1.45. The van der Waals surface area contributed by atoms with Crippen molar-refractivity contribution in [2.45, 2.75) is 45.0 Å². The molecule has 1 aliphatic rings. The molecule has 0 N–H and O–H groups in total. The second-order valence-electron chi connectivity index (χ2n) is 9.26. The summed E-state index contributed by atoms with van der Waals surface area (Å²) in [6, 6.07) is 10.0. The van der Waals surface area contributed by atoms with Crippen LogP contribution in [0.4, 0.5) is 13.2 Å². The van der Waals surface area contributed by atoms with Gasteiger partial charge in [-0.05, 0) is 30.9 Å². The van der Waals surface area contributed by atoms with Crippen LogP contribution >= 0.6 is 11.6 Å². The van der Waals surface area contributed by atoms with Gasteiger partial charge in [-0.2, -0.15) is 4.73 Å². The molecule has 0 radical (unpaired) electrons. The zero-order valence-electron chi connectivity index (χ0n) is 20.3. The van der Waals surface area contributed by atoms with E-state index in [-0.39, 0.29) is 45.9 Å². The van der Waals surface area contributed by atoms with Gasteiger partial charge in [0.15, 0.2) is 17.8 Å². The van der Waals surface area contributed by atoms with Gasteiger partial charge in [-0.3, -0.25) is 9.59 Å². The van der Waals surface area contributed by atoms with Crippen LogP contribution in [0.2, 0.25) is 5.02 Å². The van der Waals surface area contributed by atoms with E-state index in [0.29, 0.717) is 22.3 Å². The van der Waals surface area contributed by atoms with Gasteiger partial charge in [0.1, 0.15) is 17.5 Å². The number of carbonyl (C=O) groups excluding carboxylic acids is 2. The number of methoxy groups -OCH3 is 1. The molecule has 3 aromatic rings. The molecule has 5 nitrogen and oxygen atoms in total. The number of alkyl halides is 2. The molecule has 4 rings (SSSR count). The first kappa shape index (κ1) is 26.7. The highest BCUT2D eigenvalue weighted by molar-refractivity contribution is 6.31. The molecule has 1 aliphatic carbocycles. The molecule has 1 heterocycles. The second kappa shape index (κ2) is 10.9. The van der Waals surface area contributed by atoms with Crippen molar-refractivity contribution in [2.24, 2.45) is 5.92 Å². The van der Waals surface area contributed by atoms with E-state index in [4.69, 9.17) is 16.3 Å². The van der Waals surface area contributed by atoms with Crippen LogP contribution in [-0.4, -0.2) is 18.7 Å². The number of Topliss-reactive ketones (excluding diaryl/α,β-unsaturated/α-hetero) is 2. The zero-order valence-corrected chi connectivity index (χ0v) is 21.0. The van der Waals surface area contributed by atoms with Gasteiger partial charge in [-0.15, -0.1) is 0 Å². The number of aromatic nitrogens is 1. The molecule has 1 atom stereocenters. The molecule has 0 spiro atoms. The Bertz CT molecular complexity index is 1340. The Labute approximate surface area is 217 Å². The lowest BCUT2D eigenvalue weighted by Crippen LogP contribution is -2.36. The third-order valence-electron chi connectivity index (χ3n) is 6.65. The number of hydrogen-bond donors (Lipinski definition) is 0. The second-order valence-corrected chi connectivity index (χ2v) is 9.67. The van der Waals surface area contributed by atoms with Crippen LogP contribution in [0, 0.1) is 16.9 Å². The van der Waals surface area contributed by atoms with E-state index in [1.165, 1.54) is 20.1 Å². The Kier molecular flexibility index (Phi) is 7.87. The molecule has 0 saturated heterocycles. The van der Waals surface area contributed by atoms with E-state index < -0.39 is 29.3 Å². The summed E-state index contributed by atoms with van der Waals surface area (Å²) in [6.07, 6.45) is 0.308. The lowest BCUT2D eigenvalue weighted by Gasteiger charge is -2.19. The highest BCUT2D eigenvalue weighted by Crippen LogP contribution is 2.43. The molecule has 9 heteroatoms. The van der Waals surface area contributed by atoms with E-state index in [1.807, 2.05) is 0 Å². The number of ketones is 2. The predicted molar refractivity (Wildman–Crippen MR) is 133 cm³/mol. The van der Waals surface area contributed by atoms with Crippen LogP contribution in [-0.2, 0) is 11.2 Å². The molecule has 0 amide bonds. The van der Waals surface area contributed by atoms with Crippen LogP contribution in [0.15, 0.2) is 48.7 Å². The van der Waals surface area contributed by atoms with Gasteiger partial charge in [0.2, 0.25) is 5.69 Å². The van der Waals surface area contributed by atoms with Gasteiger partial charge in [-0.25, -0.2) is 13.2 Å². The highest BCUT2D eigenvalue weighted by atomic mass is 35.5. The maximum atomic E-state index is 14.9. The summed E-state index contributed by atoms with van der Waals surface area (Å²) in [5, 5.41) is 12.8. The van der Waals surface area contributed by atoms with Crippen molar-refractivity contribution in [1.29, 1.82) is 0 Å². The van der Waals surface area contributed by atoms with E-state index in [0.717, 1.165) is 31.2 Å². The predicted octanol–water partition coefficient (Wildman–Crippen LogP) is 6.62. The lowest BCUT2D eigenvalue weighted by atomic mass is 9.88. The molecule has 194 valence electrons. The molecule has 0 bridgehead atoms. The average Bonchev–Trinajstić information content (AvgIpc) is 3.68. The molecule has 1 aromatic heterocycles. The lowest BCUT2D eigenvalue weighted by molar-refractivity contribution is -0.614. The first-order chi connectivity index (χ1) is 17.6. The number of carbonyl (C=O) groups is 2. The van der Waals surface area contributed by atoms with Gasteiger partial charge < -0.3 is 9.94 Å². The zero-order chi connectivity index (χ0) is 26.9. The van der Waals surface area contributed by atoms with E-state index in [1.54, 1.807) is 24.3 Å². The van der Waals surface area contributed by atoms with Gasteiger partial charge in [0.05, 0.1) is 23.8 Å². The summed E-state index contributed by atoms with van der Waals surface area (Å²) in [5.74, 6) is -1.90. The number of halogens is 4. The third kappa shape index (κ3) is 5.80. The minimum absolute atomic E-state index is 0.0235. The summed E-state index contributed by atoms with van der Waals surface area (Å²) in [5.41, 5.74) is -0.0224. The van der Waals surface area contributed by atoms with E-state index in [9.17, 15) is 28.0 Å². The van der Waals surface area contributed by atoms with Crippen LogP contribution in [0.1, 0.15) is 65.7 Å². The Balaban J connectivity index is 1.74. The Morgan fingerprint density at radius 1 is 1.16 bits per heavy atom. The first-order valence-corrected chi connectivity index (χ1v) is 12.2. The molecular weight excluding hydrogens is 507 g/mol. The molecule has 37 heavy (non-hydrogen) atoms. The Morgan fingerprint density at radius 3 is 2.41 bits per heavy atom. The van der Waals surface area contributed by atoms with Gasteiger partial charge >= 0.3 is 0 Å². The number of pyridine rings is 1. The van der Waals surface area contributed by atoms with Gasteiger partial charge in [0, 0.05) is 23.1 Å². The molecule has 2 aromatic carbocycles. The summed E-state index contributed by atoms with van der Waals surface area (Å²) < 4.78 is 48.1. The van der Waals surface area contributed by atoms with Crippen molar-refractivity contribution < 1.29 is 32.2 Å². The fraction of sp³-hybridized carbons (Fsp3) is 0.321. The molecule has 1 fully saturated rings. The topological polar surface area (TPSA) is 70.3 Å². The quantitative estimate of drug-likeness (QED) is 0.167. The minimum atomic E-state index is -3.02. The van der Waals surface area contributed by atoms with Crippen molar-refractivity contribution in [1.82, 2.24) is 0 Å². The van der Waals surface area contributed by atoms with Crippen LogP contribution in [0.3, 0.4) is 0 Å². The fourth-order valence-electron chi connectivity index (χ4n) is 4.45. The number of rotatable bonds is 10. The van der Waals surface area contributed by atoms with Crippen molar-refractivity contribution in [3.05, 3.63) is 87.1 Å². The molecule has 0 aliphatic heterocycles. The first-order valence-electron chi connectivity index (χ1n) is 11.8.